The largest absolute Gasteiger partial charge is 0.483 e. The highest BCUT2D eigenvalue weighted by Crippen LogP contribution is 2.23. The van der Waals surface area contributed by atoms with E-state index in [1.807, 2.05) is 32.0 Å². The number of ether oxygens (including phenoxy) is 1. The van der Waals surface area contributed by atoms with E-state index in [2.05, 4.69) is 45.5 Å². The molecule has 2 rings (SSSR count). The first-order chi connectivity index (χ1) is 11.0. The van der Waals surface area contributed by atoms with Gasteiger partial charge in [-0.3, -0.25) is 4.79 Å². The van der Waals surface area contributed by atoms with Crippen molar-refractivity contribution in [2.45, 2.75) is 20.8 Å². The van der Waals surface area contributed by atoms with E-state index in [4.69, 9.17) is 4.74 Å². The zero-order valence-corrected chi connectivity index (χ0v) is 15.0. The number of benzene rings is 2. The number of carbonyl (C=O) groups is 1. The Labute approximate surface area is 144 Å². The fourth-order valence-corrected chi connectivity index (χ4v) is 2.70. The van der Waals surface area contributed by atoms with E-state index in [1.54, 1.807) is 12.3 Å². The molecule has 0 saturated carbocycles. The second-order valence-electron chi connectivity index (χ2n) is 5.32. The zero-order chi connectivity index (χ0) is 16.8. The van der Waals surface area contributed by atoms with Crippen LogP contribution >= 0.6 is 15.9 Å². The van der Waals surface area contributed by atoms with Crippen molar-refractivity contribution in [1.82, 2.24) is 5.43 Å². The number of para-hydroxylation sites is 1. The highest BCUT2D eigenvalue weighted by Gasteiger charge is 2.05. The van der Waals surface area contributed by atoms with Gasteiger partial charge in [-0.1, -0.05) is 29.8 Å². The van der Waals surface area contributed by atoms with Crippen LogP contribution in [0.3, 0.4) is 0 Å². The highest BCUT2D eigenvalue weighted by molar-refractivity contribution is 9.10. The lowest BCUT2D eigenvalue weighted by molar-refractivity contribution is -0.123. The number of hydrogen-bond donors (Lipinski definition) is 1. The van der Waals surface area contributed by atoms with Crippen LogP contribution in [0.2, 0.25) is 0 Å². The summed E-state index contributed by atoms with van der Waals surface area (Å²) >= 11 is 3.37. The van der Waals surface area contributed by atoms with Crippen molar-refractivity contribution in [1.29, 1.82) is 0 Å². The molecule has 0 aliphatic rings. The van der Waals surface area contributed by atoms with Crippen LogP contribution < -0.4 is 10.2 Å². The SMILES string of the molecule is Cc1cc(C)c(C=NNC(=O)COc2ccccc2Br)c(C)c1. The number of rotatable bonds is 5. The highest BCUT2D eigenvalue weighted by atomic mass is 79.9. The summed E-state index contributed by atoms with van der Waals surface area (Å²) in [5, 5.41) is 4.01. The molecule has 5 heteroatoms. The minimum absolute atomic E-state index is 0.0915. The van der Waals surface area contributed by atoms with Crippen molar-refractivity contribution in [3.63, 3.8) is 0 Å². The molecule has 0 aliphatic heterocycles. The van der Waals surface area contributed by atoms with Crippen LogP contribution in [0.4, 0.5) is 0 Å². The summed E-state index contributed by atoms with van der Waals surface area (Å²) in [4.78, 5) is 11.8. The van der Waals surface area contributed by atoms with Crippen molar-refractivity contribution in [2.75, 3.05) is 6.61 Å². The quantitative estimate of drug-likeness (QED) is 0.637. The third-order valence-electron chi connectivity index (χ3n) is 3.32. The summed E-state index contributed by atoms with van der Waals surface area (Å²) in [7, 11) is 0. The molecule has 23 heavy (non-hydrogen) atoms. The van der Waals surface area contributed by atoms with Gasteiger partial charge in [0.1, 0.15) is 5.75 Å². The van der Waals surface area contributed by atoms with Crippen LogP contribution in [-0.4, -0.2) is 18.7 Å². The van der Waals surface area contributed by atoms with Crippen molar-refractivity contribution in [3.8, 4) is 5.75 Å². The van der Waals surface area contributed by atoms with Gasteiger partial charge in [-0.05, 0) is 60.0 Å². The number of halogens is 1. The summed E-state index contributed by atoms with van der Waals surface area (Å²) in [5.41, 5.74) is 6.97. The predicted octanol–water partition coefficient (Wildman–Crippen LogP) is 3.90. The maximum Gasteiger partial charge on any atom is 0.277 e. The van der Waals surface area contributed by atoms with Gasteiger partial charge < -0.3 is 4.74 Å². The van der Waals surface area contributed by atoms with Crippen LogP contribution in [0.15, 0.2) is 46.0 Å². The fraction of sp³-hybridized carbons (Fsp3) is 0.222. The van der Waals surface area contributed by atoms with Crippen molar-refractivity contribution < 1.29 is 9.53 Å². The fourth-order valence-electron chi connectivity index (χ4n) is 2.30. The Kier molecular flexibility index (Phi) is 5.93. The maximum absolute atomic E-state index is 11.8. The molecule has 0 atom stereocenters. The molecule has 2 aromatic carbocycles. The van der Waals surface area contributed by atoms with Gasteiger partial charge in [0.15, 0.2) is 6.61 Å². The molecule has 0 heterocycles. The van der Waals surface area contributed by atoms with Gasteiger partial charge in [-0.15, -0.1) is 0 Å². The van der Waals surface area contributed by atoms with Gasteiger partial charge in [-0.25, -0.2) is 5.43 Å². The van der Waals surface area contributed by atoms with E-state index in [1.165, 1.54) is 5.56 Å². The van der Waals surface area contributed by atoms with Crippen LogP contribution in [0.25, 0.3) is 0 Å². The molecule has 0 bridgehead atoms. The van der Waals surface area contributed by atoms with E-state index in [0.717, 1.165) is 21.2 Å². The minimum Gasteiger partial charge on any atom is -0.483 e. The Morgan fingerprint density at radius 2 is 1.87 bits per heavy atom. The smallest absolute Gasteiger partial charge is 0.277 e. The summed E-state index contributed by atoms with van der Waals surface area (Å²) in [6.45, 7) is 6.02. The minimum atomic E-state index is -0.306. The molecule has 0 aromatic heterocycles. The lowest BCUT2D eigenvalue weighted by Gasteiger charge is -2.08. The molecular weight excluding hydrogens is 356 g/mol. The standard InChI is InChI=1S/C18H19BrN2O2/c1-12-8-13(2)15(14(3)9-12)10-20-21-18(22)11-23-17-7-5-4-6-16(17)19/h4-10H,11H2,1-3H3,(H,21,22). The van der Waals surface area contributed by atoms with Gasteiger partial charge in [0, 0.05) is 5.56 Å². The van der Waals surface area contributed by atoms with Gasteiger partial charge in [0.05, 0.1) is 10.7 Å². The first-order valence-electron chi connectivity index (χ1n) is 7.24. The van der Waals surface area contributed by atoms with Crippen LogP contribution in [-0.2, 0) is 4.79 Å². The van der Waals surface area contributed by atoms with Crippen molar-refractivity contribution in [3.05, 3.63) is 63.1 Å². The zero-order valence-electron chi connectivity index (χ0n) is 13.4. The second kappa shape index (κ2) is 7.92. The molecule has 2 aromatic rings. The molecular formula is C18H19BrN2O2. The van der Waals surface area contributed by atoms with E-state index in [9.17, 15) is 4.79 Å². The first-order valence-corrected chi connectivity index (χ1v) is 8.03. The molecule has 0 spiro atoms. The maximum atomic E-state index is 11.8. The molecule has 1 N–H and O–H groups in total. The average Bonchev–Trinajstić information content (AvgIpc) is 2.49. The van der Waals surface area contributed by atoms with Gasteiger partial charge >= 0.3 is 0 Å². The molecule has 0 saturated heterocycles. The molecule has 0 radical (unpaired) electrons. The molecule has 120 valence electrons. The Hall–Kier alpha value is -2.14. The topological polar surface area (TPSA) is 50.7 Å². The Morgan fingerprint density at radius 1 is 1.22 bits per heavy atom. The van der Waals surface area contributed by atoms with Gasteiger partial charge in [0.2, 0.25) is 0 Å². The van der Waals surface area contributed by atoms with Gasteiger partial charge in [-0.2, -0.15) is 5.10 Å². The number of aryl methyl sites for hydroxylation is 3. The Bertz CT molecular complexity index is 719. The number of hydrogen-bond acceptors (Lipinski definition) is 3. The third kappa shape index (κ3) is 4.93. The number of nitrogens with one attached hydrogen (secondary N) is 1. The van der Waals surface area contributed by atoms with E-state index in [-0.39, 0.29) is 12.5 Å². The predicted molar refractivity (Wildman–Crippen MR) is 96.0 cm³/mol. The van der Waals surface area contributed by atoms with E-state index >= 15 is 0 Å². The third-order valence-corrected chi connectivity index (χ3v) is 3.97. The Balaban J connectivity index is 1.91. The monoisotopic (exact) mass is 374 g/mol. The summed E-state index contributed by atoms with van der Waals surface area (Å²) in [5.74, 6) is 0.316. The average molecular weight is 375 g/mol. The van der Waals surface area contributed by atoms with Gasteiger partial charge in [0.25, 0.3) is 5.91 Å². The van der Waals surface area contributed by atoms with E-state index < -0.39 is 0 Å². The number of amides is 1. The molecule has 0 fully saturated rings. The van der Waals surface area contributed by atoms with Crippen LogP contribution in [0.5, 0.6) is 5.75 Å². The number of nitrogens with zero attached hydrogens (tertiary/aromatic N) is 1. The van der Waals surface area contributed by atoms with Crippen LogP contribution in [0, 0.1) is 20.8 Å². The van der Waals surface area contributed by atoms with Crippen molar-refractivity contribution >= 4 is 28.1 Å². The van der Waals surface area contributed by atoms with Crippen LogP contribution in [0.1, 0.15) is 22.3 Å². The number of hydrazone groups is 1. The summed E-state index contributed by atoms with van der Waals surface area (Å²) < 4.78 is 6.24. The van der Waals surface area contributed by atoms with E-state index in [0.29, 0.717) is 5.75 Å². The van der Waals surface area contributed by atoms with Crippen molar-refractivity contribution in [2.24, 2.45) is 5.10 Å². The number of carbonyl (C=O) groups excluding carboxylic acids is 1. The molecule has 1 amide bonds. The normalized spacial score (nSPS) is 10.8. The molecule has 0 unspecified atom stereocenters. The second-order valence-corrected chi connectivity index (χ2v) is 6.18. The Morgan fingerprint density at radius 3 is 2.52 bits per heavy atom. The lowest BCUT2D eigenvalue weighted by atomic mass is 10.0. The summed E-state index contributed by atoms with van der Waals surface area (Å²) in [6, 6.07) is 11.6. The molecule has 0 aliphatic carbocycles. The lowest BCUT2D eigenvalue weighted by Crippen LogP contribution is -2.24. The first kappa shape index (κ1) is 17.2. The molecule has 4 nitrogen and oxygen atoms in total. The summed E-state index contributed by atoms with van der Waals surface area (Å²) in [6.07, 6.45) is 1.67.